The predicted octanol–water partition coefficient (Wildman–Crippen LogP) is 1.67. The molecule has 1 heterocycles. The molecule has 3 N–H and O–H groups in total. The molecule has 1 aromatic carbocycles. The lowest BCUT2D eigenvalue weighted by Crippen LogP contribution is -2.40. The standard InChI is InChI=1S/C24H38N2O6/c1-18-14-22(31-13-12-30-16-19-2-3-19)4-5-23(18)32-17-21(27)15-25-8-9-26-24(28)20-6-10-29-11-7-20/h4-5,14,19-21,25,27H,2-3,6-13,15-17H2,1H3,(H,26,28). The molecule has 1 aliphatic heterocycles. The van der Waals surface area contributed by atoms with Gasteiger partial charge in [0.1, 0.15) is 30.8 Å². The van der Waals surface area contributed by atoms with Crippen LogP contribution in [0.15, 0.2) is 18.2 Å². The lowest BCUT2D eigenvalue weighted by Gasteiger charge is -2.21. The van der Waals surface area contributed by atoms with Gasteiger partial charge in [-0.05, 0) is 62.3 Å². The Bertz CT molecular complexity index is 691. The molecule has 1 saturated heterocycles. The molecule has 0 aromatic heterocycles. The highest BCUT2D eigenvalue weighted by molar-refractivity contribution is 5.78. The Kier molecular flexibility index (Phi) is 10.5. The molecule has 2 aliphatic rings. The molecule has 0 radical (unpaired) electrons. The Morgan fingerprint density at radius 2 is 1.97 bits per heavy atom. The highest BCUT2D eigenvalue weighted by atomic mass is 16.5. The summed E-state index contributed by atoms with van der Waals surface area (Å²) in [7, 11) is 0. The topological polar surface area (TPSA) is 98.3 Å². The summed E-state index contributed by atoms with van der Waals surface area (Å²) < 4.78 is 22.3. The molecule has 1 aliphatic carbocycles. The third-order valence-electron chi connectivity index (χ3n) is 5.70. The van der Waals surface area contributed by atoms with Crippen molar-refractivity contribution in [3.63, 3.8) is 0 Å². The maximum atomic E-state index is 12.0. The van der Waals surface area contributed by atoms with Crippen molar-refractivity contribution in [3.8, 4) is 11.5 Å². The van der Waals surface area contributed by atoms with Crippen molar-refractivity contribution in [1.82, 2.24) is 10.6 Å². The Balaban J connectivity index is 1.23. The zero-order chi connectivity index (χ0) is 22.6. The van der Waals surface area contributed by atoms with E-state index in [0.717, 1.165) is 42.4 Å². The van der Waals surface area contributed by atoms with Crippen LogP contribution in [-0.4, -0.2) is 76.4 Å². The average molecular weight is 451 g/mol. The molecule has 3 rings (SSSR count). The average Bonchev–Trinajstić information content (AvgIpc) is 3.63. The molecule has 180 valence electrons. The van der Waals surface area contributed by atoms with Crippen LogP contribution in [0.25, 0.3) is 0 Å². The first-order valence-electron chi connectivity index (χ1n) is 11.8. The van der Waals surface area contributed by atoms with Crippen LogP contribution < -0.4 is 20.1 Å². The van der Waals surface area contributed by atoms with Crippen molar-refractivity contribution in [1.29, 1.82) is 0 Å². The quantitative estimate of drug-likeness (QED) is 0.350. The number of amides is 1. The lowest BCUT2D eigenvalue weighted by molar-refractivity contribution is -0.127. The van der Waals surface area contributed by atoms with Gasteiger partial charge < -0.3 is 34.7 Å². The van der Waals surface area contributed by atoms with Crippen LogP contribution in [0.4, 0.5) is 0 Å². The van der Waals surface area contributed by atoms with Gasteiger partial charge in [0, 0.05) is 45.4 Å². The van der Waals surface area contributed by atoms with Gasteiger partial charge in [-0.1, -0.05) is 0 Å². The summed E-state index contributed by atoms with van der Waals surface area (Å²) in [5.41, 5.74) is 0.956. The predicted molar refractivity (Wildman–Crippen MR) is 121 cm³/mol. The number of benzene rings is 1. The van der Waals surface area contributed by atoms with Crippen molar-refractivity contribution >= 4 is 5.91 Å². The zero-order valence-corrected chi connectivity index (χ0v) is 19.1. The van der Waals surface area contributed by atoms with E-state index >= 15 is 0 Å². The smallest absolute Gasteiger partial charge is 0.223 e. The van der Waals surface area contributed by atoms with Gasteiger partial charge in [-0.3, -0.25) is 4.79 Å². The largest absolute Gasteiger partial charge is 0.491 e. The summed E-state index contributed by atoms with van der Waals surface area (Å²) in [5.74, 6) is 2.43. The molecule has 1 atom stereocenters. The molecule has 1 saturated carbocycles. The first-order chi connectivity index (χ1) is 15.6. The number of ether oxygens (including phenoxy) is 4. The fourth-order valence-corrected chi connectivity index (χ4v) is 3.52. The molecule has 32 heavy (non-hydrogen) atoms. The number of aryl methyl sites for hydroxylation is 1. The van der Waals surface area contributed by atoms with Crippen LogP contribution in [0.5, 0.6) is 11.5 Å². The number of rotatable bonds is 15. The summed E-state index contributed by atoms with van der Waals surface area (Å²) in [6.45, 7) is 6.98. The van der Waals surface area contributed by atoms with E-state index in [1.807, 2.05) is 25.1 Å². The zero-order valence-electron chi connectivity index (χ0n) is 19.1. The maximum absolute atomic E-state index is 12.0. The monoisotopic (exact) mass is 450 g/mol. The Labute approximate surface area is 190 Å². The molecule has 1 aromatic rings. The number of nitrogens with one attached hydrogen (secondary N) is 2. The summed E-state index contributed by atoms with van der Waals surface area (Å²) in [6, 6.07) is 5.67. The molecule has 0 bridgehead atoms. The molecular formula is C24H38N2O6. The van der Waals surface area contributed by atoms with Gasteiger partial charge in [-0.25, -0.2) is 0 Å². The second-order valence-corrected chi connectivity index (χ2v) is 8.64. The number of aliphatic hydroxyl groups is 1. The third kappa shape index (κ3) is 9.32. The van der Waals surface area contributed by atoms with E-state index in [4.69, 9.17) is 18.9 Å². The normalized spacial score (nSPS) is 17.7. The van der Waals surface area contributed by atoms with Crippen LogP contribution in [0, 0.1) is 18.8 Å². The van der Waals surface area contributed by atoms with Gasteiger partial charge in [0.25, 0.3) is 0 Å². The van der Waals surface area contributed by atoms with Crippen LogP contribution in [0.3, 0.4) is 0 Å². The van der Waals surface area contributed by atoms with E-state index in [-0.39, 0.29) is 18.4 Å². The van der Waals surface area contributed by atoms with Gasteiger partial charge >= 0.3 is 0 Å². The highest BCUT2D eigenvalue weighted by Crippen LogP contribution is 2.28. The Morgan fingerprint density at radius 3 is 2.72 bits per heavy atom. The van der Waals surface area contributed by atoms with Gasteiger partial charge in [-0.2, -0.15) is 0 Å². The molecule has 1 unspecified atom stereocenters. The number of carbonyl (C=O) groups is 1. The molecule has 2 fully saturated rings. The van der Waals surface area contributed by atoms with Crippen molar-refractivity contribution in [2.75, 3.05) is 59.3 Å². The van der Waals surface area contributed by atoms with Gasteiger partial charge in [0.15, 0.2) is 0 Å². The number of hydrogen-bond donors (Lipinski definition) is 3. The number of aliphatic hydroxyl groups excluding tert-OH is 1. The Morgan fingerprint density at radius 1 is 1.16 bits per heavy atom. The SMILES string of the molecule is Cc1cc(OCCOCC2CC2)ccc1OCC(O)CNCCNC(=O)C1CCOCC1. The number of hydrogen-bond acceptors (Lipinski definition) is 7. The molecule has 1 amide bonds. The second-order valence-electron chi connectivity index (χ2n) is 8.64. The molecular weight excluding hydrogens is 412 g/mol. The van der Waals surface area contributed by atoms with Gasteiger partial charge in [0.05, 0.1) is 6.61 Å². The second kappa shape index (κ2) is 13.6. The van der Waals surface area contributed by atoms with E-state index in [1.54, 1.807) is 0 Å². The van der Waals surface area contributed by atoms with E-state index in [2.05, 4.69) is 10.6 Å². The van der Waals surface area contributed by atoms with Crippen molar-refractivity contribution in [3.05, 3.63) is 23.8 Å². The first-order valence-corrected chi connectivity index (χ1v) is 11.8. The van der Waals surface area contributed by atoms with Crippen LogP contribution >= 0.6 is 0 Å². The van der Waals surface area contributed by atoms with Crippen molar-refractivity contribution in [2.45, 2.75) is 38.7 Å². The van der Waals surface area contributed by atoms with E-state index in [0.29, 0.717) is 46.1 Å². The third-order valence-corrected chi connectivity index (χ3v) is 5.70. The maximum Gasteiger partial charge on any atom is 0.223 e. The van der Waals surface area contributed by atoms with Crippen molar-refractivity contribution < 1.29 is 28.8 Å². The minimum absolute atomic E-state index is 0.0587. The summed E-state index contributed by atoms with van der Waals surface area (Å²) in [5, 5.41) is 16.2. The fourth-order valence-electron chi connectivity index (χ4n) is 3.52. The summed E-state index contributed by atoms with van der Waals surface area (Å²) in [6.07, 6.45) is 3.52. The number of carbonyl (C=O) groups excluding carboxylic acids is 1. The molecule has 8 heteroatoms. The van der Waals surface area contributed by atoms with Crippen LogP contribution in [-0.2, 0) is 14.3 Å². The van der Waals surface area contributed by atoms with E-state index in [9.17, 15) is 9.90 Å². The molecule has 8 nitrogen and oxygen atoms in total. The highest BCUT2D eigenvalue weighted by Gasteiger charge is 2.21. The van der Waals surface area contributed by atoms with Crippen molar-refractivity contribution in [2.24, 2.45) is 11.8 Å². The summed E-state index contributed by atoms with van der Waals surface area (Å²) >= 11 is 0. The van der Waals surface area contributed by atoms with Crippen LogP contribution in [0.2, 0.25) is 0 Å². The minimum atomic E-state index is -0.639. The minimum Gasteiger partial charge on any atom is -0.491 e. The van der Waals surface area contributed by atoms with E-state index in [1.165, 1.54) is 12.8 Å². The lowest BCUT2D eigenvalue weighted by atomic mass is 9.99. The first kappa shape index (κ1) is 24.8. The van der Waals surface area contributed by atoms with Crippen LogP contribution in [0.1, 0.15) is 31.2 Å². The van der Waals surface area contributed by atoms with E-state index < -0.39 is 6.10 Å². The summed E-state index contributed by atoms with van der Waals surface area (Å²) in [4.78, 5) is 12.0. The fraction of sp³-hybridized carbons (Fsp3) is 0.708. The van der Waals surface area contributed by atoms with Gasteiger partial charge in [0.2, 0.25) is 5.91 Å². The molecule has 0 spiro atoms. The van der Waals surface area contributed by atoms with Gasteiger partial charge in [-0.15, -0.1) is 0 Å². The Hall–Kier alpha value is -1.87.